The fraction of sp³-hybridized carbons (Fsp3) is 0.643. The monoisotopic (exact) mass is 360 g/mol. The summed E-state index contributed by atoms with van der Waals surface area (Å²) in [7, 11) is 0. The summed E-state index contributed by atoms with van der Waals surface area (Å²) < 4.78 is 4.88. The predicted molar refractivity (Wildman–Crippen MR) is 85.0 cm³/mol. The molecular formula is C14H24N4O7. The van der Waals surface area contributed by atoms with Gasteiger partial charge in [0, 0.05) is 0 Å². The first kappa shape index (κ1) is 22.3. The van der Waals surface area contributed by atoms with Gasteiger partial charge in [0.2, 0.25) is 17.7 Å². The van der Waals surface area contributed by atoms with Gasteiger partial charge in [-0.05, 0) is 27.7 Å². The van der Waals surface area contributed by atoms with Crippen molar-refractivity contribution in [3.05, 3.63) is 0 Å². The van der Waals surface area contributed by atoms with E-state index in [9.17, 15) is 24.0 Å². The van der Waals surface area contributed by atoms with Crippen LogP contribution in [0.2, 0.25) is 0 Å². The van der Waals surface area contributed by atoms with E-state index >= 15 is 0 Å². The average Bonchev–Trinajstić information content (AvgIpc) is 2.46. The van der Waals surface area contributed by atoms with Crippen LogP contribution in [0.1, 0.15) is 27.7 Å². The molecule has 0 spiro atoms. The van der Waals surface area contributed by atoms with Gasteiger partial charge in [-0.2, -0.15) is 5.48 Å². The van der Waals surface area contributed by atoms with E-state index in [1.807, 2.05) is 5.48 Å². The summed E-state index contributed by atoms with van der Waals surface area (Å²) in [5.74, 6) is -2.01. The molecule has 4 amide bonds. The zero-order chi connectivity index (χ0) is 19.5. The van der Waals surface area contributed by atoms with Crippen LogP contribution in [0, 0.1) is 0 Å². The van der Waals surface area contributed by atoms with Crippen molar-refractivity contribution in [2.45, 2.75) is 33.3 Å². The average molecular weight is 360 g/mol. The summed E-state index contributed by atoms with van der Waals surface area (Å²) in [6.07, 6.45) is -0.852. The van der Waals surface area contributed by atoms with E-state index in [2.05, 4.69) is 20.8 Å². The molecule has 0 fully saturated rings. The summed E-state index contributed by atoms with van der Waals surface area (Å²) >= 11 is 0. The Morgan fingerprint density at radius 1 is 0.800 bits per heavy atom. The molecule has 0 bridgehead atoms. The van der Waals surface area contributed by atoms with Gasteiger partial charge in [-0.3, -0.25) is 24.0 Å². The van der Waals surface area contributed by atoms with Gasteiger partial charge < -0.3 is 20.7 Å². The first-order valence-corrected chi connectivity index (χ1v) is 7.40. The Morgan fingerprint density at radius 2 is 1.28 bits per heavy atom. The van der Waals surface area contributed by atoms with Crippen molar-refractivity contribution in [2.75, 3.05) is 26.2 Å². The fourth-order valence-corrected chi connectivity index (χ4v) is 1.22. The van der Waals surface area contributed by atoms with Crippen molar-refractivity contribution in [3.8, 4) is 0 Å². The summed E-state index contributed by atoms with van der Waals surface area (Å²) in [5.41, 5.74) is 1.21. The largest absolute Gasteiger partial charge is 0.442 e. The molecule has 0 radical (unpaired) electrons. The quantitative estimate of drug-likeness (QED) is 0.361. The first-order chi connectivity index (χ1) is 11.5. The molecular weight excluding hydrogens is 336 g/mol. The van der Waals surface area contributed by atoms with E-state index in [0.717, 1.165) is 0 Å². The molecule has 0 aliphatic rings. The van der Waals surface area contributed by atoms with Crippen LogP contribution in [0.3, 0.4) is 0 Å². The van der Waals surface area contributed by atoms with E-state index in [-0.39, 0.29) is 25.4 Å². The molecule has 0 heterocycles. The van der Waals surface area contributed by atoms with Crippen LogP contribution in [0.25, 0.3) is 0 Å². The number of nitrogens with one attached hydrogen (secondary N) is 4. The molecule has 0 saturated heterocycles. The lowest BCUT2D eigenvalue weighted by molar-refractivity contribution is -0.131. The van der Waals surface area contributed by atoms with E-state index in [1.54, 1.807) is 20.8 Å². The van der Waals surface area contributed by atoms with Gasteiger partial charge >= 0.3 is 6.09 Å². The summed E-state index contributed by atoms with van der Waals surface area (Å²) in [6, 6.07) is 0. The van der Waals surface area contributed by atoms with Crippen LogP contribution in [-0.2, 0) is 28.8 Å². The molecule has 142 valence electrons. The number of rotatable bonds is 9. The predicted octanol–water partition coefficient (Wildman–Crippen LogP) is -1.62. The van der Waals surface area contributed by atoms with Gasteiger partial charge in [0.05, 0.1) is 19.6 Å². The zero-order valence-corrected chi connectivity index (χ0v) is 14.7. The van der Waals surface area contributed by atoms with Crippen LogP contribution >= 0.6 is 0 Å². The number of hydrogen-bond acceptors (Lipinski definition) is 7. The lowest BCUT2D eigenvalue weighted by Crippen LogP contribution is -2.43. The maximum Gasteiger partial charge on any atom is 0.431 e. The second kappa shape index (κ2) is 11.0. The third-order valence-electron chi connectivity index (χ3n) is 2.18. The maximum absolute atomic E-state index is 11.4. The van der Waals surface area contributed by atoms with Gasteiger partial charge in [0.25, 0.3) is 0 Å². The van der Waals surface area contributed by atoms with E-state index < -0.39 is 36.0 Å². The van der Waals surface area contributed by atoms with Crippen LogP contribution < -0.4 is 21.4 Å². The smallest absolute Gasteiger partial charge is 0.431 e. The van der Waals surface area contributed by atoms with Crippen molar-refractivity contribution in [1.82, 2.24) is 21.4 Å². The number of carbonyl (C=O) groups excluding carboxylic acids is 5. The van der Waals surface area contributed by atoms with Gasteiger partial charge in [0.1, 0.15) is 11.4 Å². The van der Waals surface area contributed by atoms with Crippen molar-refractivity contribution >= 4 is 29.6 Å². The van der Waals surface area contributed by atoms with Crippen molar-refractivity contribution in [2.24, 2.45) is 0 Å². The van der Waals surface area contributed by atoms with Gasteiger partial charge in [-0.15, -0.1) is 0 Å². The number of ether oxygens (including phenoxy) is 1. The number of Topliss-reactive ketones (excluding diaryl/α,β-unsaturated/α-hetero) is 1. The van der Waals surface area contributed by atoms with Crippen LogP contribution in [0.15, 0.2) is 0 Å². The zero-order valence-electron chi connectivity index (χ0n) is 14.7. The highest BCUT2D eigenvalue weighted by Gasteiger charge is 2.16. The molecule has 0 aliphatic carbocycles. The SMILES string of the molecule is CC(=O)CNC(=O)CNC(=O)CNC(=O)CONC(=O)OC(C)(C)C. The Bertz CT molecular complexity index is 514. The molecule has 25 heavy (non-hydrogen) atoms. The Labute approximate surface area is 145 Å². The van der Waals surface area contributed by atoms with E-state index in [1.165, 1.54) is 6.92 Å². The third-order valence-corrected chi connectivity index (χ3v) is 2.18. The topological polar surface area (TPSA) is 152 Å². The second-order valence-electron chi connectivity index (χ2n) is 5.92. The van der Waals surface area contributed by atoms with Crippen LogP contribution in [-0.4, -0.2) is 61.4 Å². The molecule has 4 N–H and O–H groups in total. The lowest BCUT2D eigenvalue weighted by atomic mass is 10.2. The Morgan fingerprint density at radius 3 is 1.76 bits per heavy atom. The standard InChI is InChI=1S/C14H24N4O7/c1-9(19)5-15-10(20)6-16-11(21)7-17-12(22)8-24-18-13(23)25-14(2,3)4/h5-8H2,1-4H3,(H,15,20)(H,16,21)(H,17,22)(H,18,23). The highest BCUT2D eigenvalue weighted by molar-refractivity contribution is 5.90. The molecule has 11 nitrogen and oxygen atoms in total. The van der Waals surface area contributed by atoms with Crippen molar-refractivity contribution < 1.29 is 33.5 Å². The lowest BCUT2D eigenvalue weighted by Gasteiger charge is -2.19. The summed E-state index contributed by atoms with van der Waals surface area (Å²) in [4.78, 5) is 60.6. The molecule has 0 aliphatic heterocycles. The summed E-state index contributed by atoms with van der Waals surface area (Å²) in [6.45, 7) is 4.97. The van der Waals surface area contributed by atoms with E-state index in [4.69, 9.17) is 4.74 Å². The van der Waals surface area contributed by atoms with Crippen LogP contribution in [0.4, 0.5) is 4.79 Å². The minimum atomic E-state index is -0.852. The van der Waals surface area contributed by atoms with Crippen LogP contribution in [0.5, 0.6) is 0 Å². The minimum absolute atomic E-state index is 0.118. The number of hydroxylamine groups is 1. The molecule has 0 saturated carbocycles. The summed E-state index contributed by atoms with van der Waals surface area (Å²) in [5, 5.41) is 6.77. The van der Waals surface area contributed by atoms with Gasteiger partial charge in [-0.25, -0.2) is 4.79 Å². The maximum atomic E-state index is 11.4. The fourth-order valence-electron chi connectivity index (χ4n) is 1.22. The van der Waals surface area contributed by atoms with Gasteiger partial charge in [0.15, 0.2) is 6.61 Å². The number of amides is 4. The minimum Gasteiger partial charge on any atom is -0.442 e. The van der Waals surface area contributed by atoms with E-state index in [0.29, 0.717) is 0 Å². The first-order valence-electron chi connectivity index (χ1n) is 7.40. The van der Waals surface area contributed by atoms with Gasteiger partial charge in [-0.1, -0.05) is 0 Å². The van der Waals surface area contributed by atoms with Crippen molar-refractivity contribution in [3.63, 3.8) is 0 Å². The molecule has 11 heteroatoms. The Kier molecular flexibility index (Phi) is 9.79. The number of hydrogen-bond donors (Lipinski definition) is 4. The second-order valence-corrected chi connectivity index (χ2v) is 5.92. The Balaban J connectivity index is 3.80. The number of ketones is 1. The third kappa shape index (κ3) is 14.6. The molecule has 0 unspecified atom stereocenters. The normalized spacial score (nSPS) is 10.4. The molecule has 0 aromatic carbocycles. The molecule has 0 aromatic heterocycles. The highest BCUT2D eigenvalue weighted by Crippen LogP contribution is 2.06. The molecule has 0 atom stereocenters. The highest BCUT2D eigenvalue weighted by atomic mass is 16.7. The van der Waals surface area contributed by atoms with Crippen molar-refractivity contribution in [1.29, 1.82) is 0 Å². The Hall–Kier alpha value is -2.69. The molecule has 0 rings (SSSR count). The number of carbonyl (C=O) groups is 5. The molecule has 0 aromatic rings.